The molecule has 0 saturated heterocycles. The summed E-state index contributed by atoms with van der Waals surface area (Å²) in [5.74, 6) is 1.51. The number of nitrogens with two attached hydrogens (primary N) is 2. The molecule has 8 heteroatoms. The Bertz CT molecular complexity index is 758. The third-order valence-corrected chi connectivity index (χ3v) is 7.10. The van der Waals surface area contributed by atoms with E-state index in [0.29, 0.717) is 13.1 Å². The fourth-order valence-corrected chi connectivity index (χ4v) is 5.48. The summed E-state index contributed by atoms with van der Waals surface area (Å²) < 4.78 is 15.4. The SMILES string of the molecule is CC(CN)Oc1c(Br)cc(C(C)(C)c2cc(Br)c(OC(C)CN)c(Br)c2)cc1Br. The molecular weight excluding hydrogens is 632 g/mol. The van der Waals surface area contributed by atoms with E-state index in [2.05, 4.69) is 102 Å². The van der Waals surface area contributed by atoms with Crippen molar-refractivity contribution in [2.45, 2.75) is 45.3 Å². The zero-order valence-electron chi connectivity index (χ0n) is 16.9. The van der Waals surface area contributed by atoms with Gasteiger partial charge < -0.3 is 20.9 Å². The van der Waals surface area contributed by atoms with E-state index >= 15 is 0 Å². The van der Waals surface area contributed by atoms with Gasteiger partial charge in [0.2, 0.25) is 0 Å². The molecule has 2 unspecified atom stereocenters. The first kappa shape index (κ1) is 25.1. The number of halogens is 4. The molecule has 0 aliphatic carbocycles. The predicted molar refractivity (Wildman–Crippen MR) is 134 cm³/mol. The van der Waals surface area contributed by atoms with Gasteiger partial charge in [-0.05, 0) is 113 Å². The van der Waals surface area contributed by atoms with Crippen molar-refractivity contribution >= 4 is 63.7 Å². The zero-order valence-corrected chi connectivity index (χ0v) is 23.2. The standard InChI is InChI=1S/C21H26Br4N2O2/c1-11(9-26)28-19-15(22)5-13(6-16(19)23)21(3,4)14-7-17(24)20(18(25)8-14)29-12(2)10-27/h5-8,11-12H,9-10,26-27H2,1-4H3. The highest BCUT2D eigenvalue weighted by molar-refractivity contribution is 9.11. The Morgan fingerprint density at radius 2 is 1.00 bits per heavy atom. The molecular formula is C21H26Br4N2O2. The highest BCUT2D eigenvalue weighted by Gasteiger charge is 2.27. The van der Waals surface area contributed by atoms with Crippen LogP contribution in [0.2, 0.25) is 0 Å². The van der Waals surface area contributed by atoms with E-state index in [1.807, 2.05) is 13.8 Å². The summed E-state index contributed by atoms with van der Waals surface area (Å²) in [5, 5.41) is 0. The van der Waals surface area contributed by atoms with Crippen LogP contribution in [0.15, 0.2) is 42.2 Å². The third kappa shape index (κ3) is 5.98. The summed E-state index contributed by atoms with van der Waals surface area (Å²) in [5.41, 5.74) is 13.4. The molecule has 0 spiro atoms. The second kappa shape index (κ2) is 10.5. The van der Waals surface area contributed by atoms with Crippen LogP contribution in [0.25, 0.3) is 0 Å². The lowest BCUT2D eigenvalue weighted by molar-refractivity contribution is 0.227. The van der Waals surface area contributed by atoms with Crippen LogP contribution in [0.5, 0.6) is 11.5 Å². The Morgan fingerprint density at radius 3 is 1.24 bits per heavy atom. The molecule has 2 atom stereocenters. The zero-order chi connectivity index (χ0) is 21.9. The summed E-state index contributed by atoms with van der Waals surface area (Å²) in [7, 11) is 0. The Kier molecular flexibility index (Phi) is 9.07. The van der Waals surface area contributed by atoms with E-state index in [9.17, 15) is 0 Å². The van der Waals surface area contributed by atoms with E-state index < -0.39 is 0 Å². The lowest BCUT2D eigenvalue weighted by Crippen LogP contribution is -2.24. The summed E-state index contributed by atoms with van der Waals surface area (Å²) in [6, 6.07) is 8.36. The quantitative estimate of drug-likeness (QED) is 0.340. The smallest absolute Gasteiger partial charge is 0.148 e. The van der Waals surface area contributed by atoms with Crippen molar-refractivity contribution in [3.63, 3.8) is 0 Å². The van der Waals surface area contributed by atoms with Crippen LogP contribution in [-0.4, -0.2) is 25.3 Å². The van der Waals surface area contributed by atoms with Gasteiger partial charge in [-0.1, -0.05) is 13.8 Å². The van der Waals surface area contributed by atoms with E-state index in [0.717, 1.165) is 40.5 Å². The van der Waals surface area contributed by atoms with Crippen molar-refractivity contribution in [2.24, 2.45) is 11.5 Å². The van der Waals surface area contributed by atoms with Gasteiger partial charge in [0, 0.05) is 18.5 Å². The normalized spacial score (nSPS) is 13.9. The van der Waals surface area contributed by atoms with Crippen molar-refractivity contribution in [1.29, 1.82) is 0 Å². The van der Waals surface area contributed by atoms with Crippen LogP contribution in [0.3, 0.4) is 0 Å². The molecule has 0 aromatic heterocycles. The molecule has 0 amide bonds. The van der Waals surface area contributed by atoms with Gasteiger partial charge >= 0.3 is 0 Å². The fourth-order valence-electron chi connectivity index (χ4n) is 2.73. The van der Waals surface area contributed by atoms with Gasteiger partial charge in [0.15, 0.2) is 0 Å². The monoisotopic (exact) mass is 654 g/mol. The second-order valence-electron chi connectivity index (χ2n) is 7.49. The molecule has 2 rings (SSSR count). The molecule has 29 heavy (non-hydrogen) atoms. The minimum Gasteiger partial charge on any atom is -0.487 e. The molecule has 4 N–H and O–H groups in total. The minimum absolute atomic E-state index is 0.0724. The molecule has 4 nitrogen and oxygen atoms in total. The predicted octanol–water partition coefficient (Wildman–Crippen LogP) is 6.51. The van der Waals surface area contributed by atoms with Crippen molar-refractivity contribution in [3.8, 4) is 11.5 Å². The van der Waals surface area contributed by atoms with Crippen LogP contribution >= 0.6 is 63.7 Å². The van der Waals surface area contributed by atoms with E-state index in [1.165, 1.54) is 0 Å². The first-order valence-corrected chi connectivity index (χ1v) is 12.4. The van der Waals surface area contributed by atoms with Gasteiger partial charge in [0.1, 0.15) is 23.7 Å². The first-order chi connectivity index (χ1) is 13.5. The molecule has 0 heterocycles. The maximum atomic E-state index is 5.94. The Labute approximate surface area is 206 Å². The first-order valence-electron chi connectivity index (χ1n) is 9.23. The van der Waals surface area contributed by atoms with Crippen molar-refractivity contribution in [2.75, 3.05) is 13.1 Å². The molecule has 0 aliphatic rings. The summed E-state index contributed by atoms with van der Waals surface area (Å²) >= 11 is 14.6. The lowest BCUT2D eigenvalue weighted by Gasteiger charge is -2.29. The average Bonchev–Trinajstić information content (AvgIpc) is 2.66. The molecule has 0 saturated carbocycles. The fraction of sp³-hybridized carbons (Fsp3) is 0.429. The molecule has 0 radical (unpaired) electrons. The molecule has 160 valence electrons. The molecule has 0 bridgehead atoms. The van der Waals surface area contributed by atoms with E-state index in [-0.39, 0.29) is 17.6 Å². The van der Waals surface area contributed by atoms with Gasteiger partial charge in [-0.15, -0.1) is 0 Å². The van der Waals surface area contributed by atoms with E-state index in [1.54, 1.807) is 0 Å². The van der Waals surface area contributed by atoms with Gasteiger partial charge in [0.25, 0.3) is 0 Å². The number of hydrogen-bond acceptors (Lipinski definition) is 4. The Balaban J connectivity index is 2.45. The van der Waals surface area contributed by atoms with Crippen LogP contribution in [-0.2, 0) is 5.41 Å². The van der Waals surface area contributed by atoms with Gasteiger partial charge in [-0.2, -0.15) is 0 Å². The minimum atomic E-state index is -0.272. The lowest BCUT2D eigenvalue weighted by atomic mass is 9.78. The third-order valence-electron chi connectivity index (χ3n) is 4.74. The van der Waals surface area contributed by atoms with Crippen LogP contribution in [0, 0.1) is 0 Å². The van der Waals surface area contributed by atoms with Crippen LogP contribution in [0.4, 0.5) is 0 Å². The molecule has 2 aromatic carbocycles. The summed E-state index contributed by atoms with van der Waals surface area (Å²) in [4.78, 5) is 0. The molecule has 0 fully saturated rings. The van der Waals surface area contributed by atoms with Crippen LogP contribution in [0.1, 0.15) is 38.8 Å². The Hall–Kier alpha value is -0.120. The maximum Gasteiger partial charge on any atom is 0.148 e. The van der Waals surface area contributed by atoms with Crippen LogP contribution < -0.4 is 20.9 Å². The topological polar surface area (TPSA) is 70.5 Å². The van der Waals surface area contributed by atoms with Gasteiger partial charge in [0.05, 0.1) is 17.9 Å². The highest BCUT2D eigenvalue weighted by Crippen LogP contribution is 2.44. The Morgan fingerprint density at radius 1 is 0.724 bits per heavy atom. The molecule has 2 aromatic rings. The maximum absolute atomic E-state index is 5.94. The number of hydrogen-bond donors (Lipinski definition) is 2. The van der Waals surface area contributed by atoms with Crippen molar-refractivity contribution in [3.05, 3.63) is 53.3 Å². The molecule has 0 aliphatic heterocycles. The highest BCUT2D eigenvalue weighted by atomic mass is 79.9. The second-order valence-corrected chi connectivity index (χ2v) is 10.9. The number of benzene rings is 2. The number of ether oxygens (including phenoxy) is 2. The van der Waals surface area contributed by atoms with Crippen molar-refractivity contribution in [1.82, 2.24) is 0 Å². The average molecular weight is 658 g/mol. The van der Waals surface area contributed by atoms with Crippen molar-refractivity contribution < 1.29 is 9.47 Å². The number of rotatable bonds is 8. The summed E-state index contributed by atoms with van der Waals surface area (Å²) in [6.07, 6.45) is -0.145. The van der Waals surface area contributed by atoms with Gasteiger partial charge in [-0.3, -0.25) is 0 Å². The van der Waals surface area contributed by atoms with E-state index in [4.69, 9.17) is 20.9 Å². The largest absolute Gasteiger partial charge is 0.487 e. The summed E-state index contributed by atoms with van der Waals surface area (Å²) in [6.45, 7) is 9.15. The van der Waals surface area contributed by atoms with Gasteiger partial charge in [-0.25, -0.2) is 0 Å².